The van der Waals surface area contributed by atoms with Gasteiger partial charge in [-0.2, -0.15) is 0 Å². The molecule has 0 radical (unpaired) electrons. The Kier molecular flexibility index (Phi) is 5.97. The normalized spacial score (nSPS) is 18.4. The van der Waals surface area contributed by atoms with Crippen LogP contribution in [0.25, 0.3) is 11.3 Å². The van der Waals surface area contributed by atoms with Crippen LogP contribution >= 0.6 is 12.2 Å². The lowest BCUT2D eigenvalue weighted by molar-refractivity contribution is -0.384. The standard InChI is InChI=1S/C22H23N5O3S/c1-25(2)12-13-26-21(20(24-22(26)31)17-8-3-4-11-23-17)19-10-9-18(30-19)15-6-5-7-16(14-15)27(28)29/h3-11,14,20-21H,12-13H2,1-2H3,(H,24,31)/t20-,21-/m1/s1. The van der Waals surface area contributed by atoms with Crippen molar-refractivity contribution in [3.63, 3.8) is 0 Å². The molecule has 31 heavy (non-hydrogen) atoms. The van der Waals surface area contributed by atoms with Crippen LogP contribution in [0.15, 0.2) is 65.2 Å². The molecule has 1 fully saturated rings. The van der Waals surface area contributed by atoms with Gasteiger partial charge in [-0.05, 0) is 50.6 Å². The van der Waals surface area contributed by atoms with Crippen molar-refractivity contribution < 1.29 is 9.34 Å². The van der Waals surface area contributed by atoms with E-state index in [0.717, 1.165) is 24.5 Å². The Balaban J connectivity index is 1.70. The summed E-state index contributed by atoms with van der Waals surface area (Å²) in [6.07, 6.45) is 1.76. The summed E-state index contributed by atoms with van der Waals surface area (Å²) in [7, 11) is 4.04. The van der Waals surface area contributed by atoms with Gasteiger partial charge < -0.3 is 19.5 Å². The molecule has 0 amide bonds. The molecule has 0 bridgehead atoms. The first-order valence-corrected chi connectivity index (χ1v) is 10.3. The lowest BCUT2D eigenvalue weighted by Gasteiger charge is -2.27. The van der Waals surface area contributed by atoms with Gasteiger partial charge in [-0.25, -0.2) is 0 Å². The molecule has 2 aromatic heterocycles. The first kappa shape index (κ1) is 21.0. The minimum atomic E-state index is -0.410. The number of benzene rings is 1. The lowest BCUT2D eigenvalue weighted by atomic mass is 10.0. The molecular formula is C22H23N5O3S. The molecular weight excluding hydrogens is 414 g/mol. The maximum Gasteiger partial charge on any atom is 0.270 e. The number of nitrogens with zero attached hydrogens (tertiary/aromatic N) is 4. The Morgan fingerprint density at radius 3 is 2.77 bits per heavy atom. The largest absolute Gasteiger partial charge is 0.459 e. The summed E-state index contributed by atoms with van der Waals surface area (Å²) in [5.41, 5.74) is 1.55. The Morgan fingerprint density at radius 1 is 1.23 bits per heavy atom. The Bertz CT molecular complexity index is 1090. The molecule has 3 heterocycles. The van der Waals surface area contributed by atoms with Crippen LogP contribution in [0.3, 0.4) is 0 Å². The zero-order valence-corrected chi connectivity index (χ0v) is 18.1. The van der Waals surface area contributed by atoms with E-state index in [2.05, 4.69) is 20.1 Å². The predicted molar refractivity (Wildman–Crippen MR) is 122 cm³/mol. The predicted octanol–water partition coefficient (Wildman–Crippen LogP) is 3.78. The molecule has 0 saturated carbocycles. The SMILES string of the molecule is CN(C)CCN1C(=S)N[C@H](c2ccccn2)[C@H]1c1ccc(-c2cccc([N+](=O)[O-])c2)o1. The summed E-state index contributed by atoms with van der Waals surface area (Å²) in [5.74, 6) is 1.30. The van der Waals surface area contributed by atoms with E-state index in [1.54, 1.807) is 18.3 Å². The van der Waals surface area contributed by atoms with Gasteiger partial charge in [0.2, 0.25) is 0 Å². The van der Waals surface area contributed by atoms with E-state index in [0.29, 0.717) is 16.4 Å². The molecule has 1 saturated heterocycles. The second kappa shape index (κ2) is 8.83. The van der Waals surface area contributed by atoms with E-state index < -0.39 is 4.92 Å². The van der Waals surface area contributed by atoms with Gasteiger partial charge in [0.25, 0.3) is 5.69 Å². The third-order valence-electron chi connectivity index (χ3n) is 5.25. The third-order valence-corrected chi connectivity index (χ3v) is 5.60. The van der Waals surface area contributed by atoms with E-state index in [4.69, 9.17) is 16.6 Å². The summed E-state index contributed by atoms with van der Waals surface area (Å²) >= 11 is 5.64. The smallest absolute Gasteiger partial charge is 0.270 e. The van der Waals surface area contributed by atoms with Crippen molar-refractivity contribution in [2.24, 2.45) is 0 Å². The van der Waals surface area contributed by atoms with Crippen LogP contribution in [0.4, 0.5) is 5.69 Å². The molecule has 8 nitrogen and oxygen atoms in total. The fourth-order valence-electron chi connectivity index (χ4n) is 3.70. The molecule has 1 aliphatic rings. The van der Waals surface area contributed by atoms with Crippen molar-refractivity contribution in [1.82, 2.24) is 20.1 Å². The molecule has 9 heteroatoms. The average molecular weight is 438 g/mol. The van der Waals surface area contributed by atoms with Crippen molar-refractivity contribution in [3.05, 3.63) is 82.4 Å². The van der Waals surface area contributed by atoms with Crippen LogP contribution < -0.4 is 5.32 Å². The van der Waals surface area contributed by atoms with Crippen molar-refractivity contribution in [2.75, 3.05) is 27.2 Å². The van der Waals surface area contributed by atoms with Crippen LogP contribution in [-0.2, 0) is 0 Å². The summed E-state index contributed by atoms with van der Waals surface area (Å²) in [6.45, 7) is 1.55. The first-order valence-electron chi connectivity index (χ1n) is 9.91. The molecule has 160 valence electrons. The number of nitro benzene ring substituents is 1. The van der Waals surface area contributed by atoms with Gasteiger partial charge in [-0.3, -0.25) is 15.1 Å². The van der Waals surface area contributed by atoms with Crippen molar-refractivity contribution in [2.45, 2.75) is 12.1 Å². The number of pyridine rings is 1. The molecule has 1 N–H and O–H groups in total. The molecule has 3 aromatic rings. The number of rotatable bonds is 7. The fourth-order valence-corrected chi connectivity index (χ4v) is 4.03. The second-order valence-electron chi connectivity index (χ2n) is 7.63. The van der Waals surface area contributed by atoms with Crippen LogP contribution in [-0.4, -0.2) is 52.0 Å². The summed E-state index contributed by atoms with van der Waals surface area (Å²) in [6, 6.07) is 15.6. The van der Waals surface area contributed by atoms with Crippen LogP contribution in [0.1, 0.15) is 23.5 Å². The zero-order chi connectivity index (χ0) is 22.0. The highest BCUT2D eigenvalue weighted by Gasteiger charge is 2.41. The number of non-ortho nitro benzene ring substituents is 1. The minimum Gasteiger partial charge on any atom is -0.459 e. The number of hydrogen-bond acceptors (Lipinski definition) is 6. The van der Waals surface area contributed by atoms with Gasteiger partial charge in [0.1, 0.15) is 17.6 Å². The highest BCUT2D eigenvalue weighted by atomic mass is 32.1. The summed E-state index contributed by atoms with van der Waals surface area (Å²) in [4.78, 5) is 19.5. The lowest BCUT2D eigenvalue weighted by Crippen LogP contribution is -2.35. The molecule has 0 aliphatic carbocycles. The average Bonchev–Trinajstić information content (AvgIpc) is 3.37. The van der Waals surface area contributed by atoms with Gasteiger partial charge in [-0.15, -0.1) is 0 Å². The van der Waals surface area contributed by atoms with Gasteiger partial charge in [0.05, 0.1) is 16.7 Å². The van der Waals surface area contributed by atoms with Gasteiger partial charge in [-0.1, -0.05) is 18.2 Å². The summed E-state index contributed by atoms with van der Waals surface area (Å²) in [5, 5.41) is 15.2. The van der Waals surface area contributed by atoms with Crippen LogP contribution in [0.2, 0.25) is 0 Å². The van der Waals surface area contributed by atoms with Crippen LogP contribution in [0, 0.1) is 10.1 Å². The summed E-state index contributed by atoms with van der Waals surface area (Å²) < 4.78 is 6.22. The topological polar surface area (TPSA) is 87.7 Å². The maximum atomic E-state index is 11.1. The van der Waals surface area contributed by atoms with Crippen molar-refractivity contribution >= 4 is 23.0 Å². The van der Waals surface area contributed by atoms with E-state index in [1.165, 1.54) is 12.1 Å². The van der Waals surface area contributed by atoms with E-state index in [-0.39, 0.29) is 17.8 Å². The fraction of sp³-hybridized carbons (Fsp3) is 0.273. The Hall–Kier alpha value is -3.30. The van der Waals surface area contributed by atoms with Gasteiger partial charge >= 0.3 is 0 Å². The van der Waals surface area contributed by atoms with Gasteiger partial charge in [0, 0.05) is 37.0 Å². The zero-order valence-electron chi connectivity index (χ0n) is 17.3. The number of likely N-dealkylation sites (N-methyl/N-ethyl adjacent to an activating group) is 1. The Morgan fingerprint density at radius 2 is 2.06 bits per heavy atom. The molecule has 4 rings (SSSR count). The number of furan rings is 1. The van der Waals surface area contributed by atoms with Crippen molar-refractivity contribution in [3.8, 4) is 11.3 Å². The number of hydrogen-bond donors (Lipinski definition) is 1. The molecule has 1 aliphatic heterocycles. The van der Waals surface area contributed by atoms with E-state index >= 15 is 0 Å². The number of nitrogens with one attached hydrogen (secondary N) is 1. The minimum absolute atomic E-state index is 0.0260. The highest BCUT2D eigenvalue weighted by molar-refractivity contribution is 7.80. The first-order chi connectivity index (χ1) is 14.9. The van der Waals surface area contributed by atoms with Crippen molar-refractivity contribution in [1.29, 1.82) is 0 Å². The maximum absolute atomic E-state index is 11.1. The molecule has 2 atom stereocenters. The number of thiocarbonyl (C=S) groups is 1. The second-order valence-corrected chi connectivity index (χ2v) is 8.02. The quantitative estimate of drug-likeness (QED) is 0.339. The van der Waals surface area contributed by atoms with E-state index in [9.17, 15) is 10.1 Å². The molecule has 1 aromatic carbocycles. The number of nitro groups is 1. The van der Waals surface area contributed by atoms with E-state index in [1.807, 2.05) is 44.4 Å². The monoisotopic (exact) mass is 437 g/mol. The van der Waals surface area contributed by atoms with Gasteiger partial charge in [0.15, 0.2) is 5.11 Å². The Labute approximate surface area is 185 Å². The number of aromatic nitrogens is 1. The molecule has 0 unspecified atom stereocenters. The third kappa shape index (κ3) is 4.42. The van der Waals surface area contributed by atoms with Crippen LogP contribution in [0.5, 0.6) is 0 Å². The highest BCUT2D eigenvalue weighted by Crippen LogP contribution is 2.40. The molecule has 0 spiro atoms.